The number of nitrogens with one attached hydrogen (secondary N) is 1. The third kappa shape index (κ3) is 2.51. The molecule has 1 saturated carbocycles. The van der Waals surface area contributed by atoms with Crippen LogP contribution in [-0.4, -0.2) is 18.0 Å². The molecule has 2 atom stereocenters. The van der Waals surface area contributed by atoms with E-state index in [9.17, 15) is 4.79 Å². The van der Waals surface area contributed by atoms with E-state index in [2.05, 4.69) is 5.32 Å². The van der Waals surface area contributed by atoms with Crippen molar-refractivity contribution in [3.63, 3.8) is 0 Å². The Kier molecular flexibility index (Phi) is 3.29. The van der Waals surface area contributed by atoms with Gasteiger partial charge < -0.3 is 11.1 Å². The van der Waals surface area contributed by atoms with Gasteiger partial charge in [-0.3, -0.25) is 4.79 Å². The number of nitrogens with two attached hydrogens (primary N) is 1. The average Bonchev–Trinajstić information content (AvgIpc) is 2.77. The van der Waals surface area contributed by atoms with E-state index in [1.54, 1.807) is 12.1 Å². The fourth-order valence-electron chi connectivity index (χ4n) is 1.84. The van der Waals surface area contributed by atoms with E-state index in [0.717, 1.165) is 19.3 Å². The summed E-state index contributed by atoms with van der Waals surface area (Å²) in [5, 5.41) is 2.95. The summed E-state index contributed by atoms with van der Waals surface area (Å²) in [6, 6.07) is 3.70. The molecule has 0 bridgehead atoms. The van der Waals surface area contributed by atoms with E-state index >= 15 is 0 Å². The molecule has 1 aromatic heterocycles. The molecule has 1 aliphatic carbocycles. The van der Waals surface area contributed by atoms with Crippen molar-refractivity contribution in [2.24, 2.45) is 5.73 Å². The second-order valence-electron chi connectivity index (χ2n) is 3.78. The highest BCUT2D eigenvalue weighted by molar-refractivity contribution is 7.17. The lowest BCUT2D eigenvalue weighted by Crippen LogP contribution is -2.43. The largest absolute Gasteiger partial charge is 0.347 e. The van der Waals surface area contributed by atoms with E-state index in [-0.39, 0.29) is 18.0 Å². The van der Waals surface area contributed by atoms with Gasteiger partial charge in [-0.2, -0.15) is 0 Å². The van der Waals surface area contributed by atoms with Gasteiger partial charge >= 0.3 is 0 Å². The van der Waals surface area contributed by atoms with Gasteiger partial charge in [0, 0.05) is 12.1 Å². The van der Waals surface area contributed by atoms with Crippen LogP contribution in [0.15, 0.2) is 12.1 Å². The predicted molar refractivity (Wildman–Crippen MR) is 62.4 cm³/mol. The first kappa shape index (κ1) is 10.9. The fraction of sp³-hybridized carbons (Fsp3) is 0.500. The molecule has 3 nitrogen and oxygen atoms in total. The van der Waals surface area contributed by atoms with Crippen LogP contribution in [0.3, 0.4) is 0 Å². The Morgan fingerprint density at radius 2 is 2.33 bits per heavy atom. The SMILES string of the molecule is NC1CCCC1NC(=O)c1ccc(Cl)s1. The first-order valence-corrected chi connectivity index (χ1v) is 6.18. The highest BCUT2D eigenvalue weighted by atomic mass is 35.5. The van der Waals surface area contributed by atoms with Crippen LogP contribution in [-0.2, 0) is 0 Å². The molecule has 5 heteroatoms. The van der Waals surface area contributed by atoms with Crippen LogP contribution in [0.1, 0.15) is 28.9 Å². The topological polar surface area (TPSA) is 55.1 Å². The van der Waals surface area contributed by atoms with Crippen molar-refractivity contribution in [3.8, 4) is 0 Å². The molecule has 2 rings (SSSR count). The highest BCUT2D eigenvalue weighted by Crippen LogP contribution is 2.22. The number of rotatable bonds is 2. The van der Waals surface area contributed by atoms with Gasteiger partial charge in [0.2, 0.25) is 0 Å². The van der Waals surface area contributed by atoms with E-state index in [0.29, 0.717) is 9.21 Å². The Balaban J connectivity index is 1.97. The molecule has 0 radical (unpaired) electrons. The van der Waals surface area contributed by atoms with Gasteiger partial charge in [0.25, 0.3) is 5.91 Å². The summed E-state index contributed by atoms with van der Waals surface area (Å²) in [7, 11) is 0. The van der Waals surface area contributed by atoms with Gasteiger partial charge in [-0.05, 0) is 31.4 Å². The number of hydrogen-bond donors (Lipinski definition) is 2. The zero-order valence-corrected chi connectivity index (χ0v) is 9.77. The number of hydrogen-bond acceptors (Lipinski definition) is 3. The standard InChI is InChI=1S/C10H13ClN2OS/c11-9-5-4-8(15-9)10(14)13-7-3-1-2-6(7)12/h4-7H,1-3,12H2,(H,13,14). The van der Waals surface area contributed by atoms with E-state index in [1.165, 1.54) is 11.3 Å². The molecule has 15 heavy (non-hydrogen) atoms. The van der Waals surface area contributed by atoms with Crippen LogP contribution in [0.4, 0.5) is 0 Å². The van der Waals surface area contributed by atoms with Gasteiger partial charge in [-0.15, -0.1) is 11.3 Å². The van der Waals surface area contributed by atoms with E-state index in [4.69, 9.17) is 17.3 Å². The van der Waals surface area contributed by atoms with Crippen LogP contribution < -0.4 is 11.1 Å². The molecular weight excluding hydrogens is 232 g/mol. The van der Waals surface area contributed by atoms with Crippen LogP contribution in [0.25, 0.3) is 0 Å². The van der Waals surface area contributed by atoms with Gasteiger partial charge in [-0.25, -0.2) is 0 Å². The third-order valence-electron chi connectivity index (χ3n) is 2.68. The van der Waals surface area contributed by atoms with Crippen molar-refractivity contribution >= 4 is 28.8 Å². The van der Waals surface area contributed by atoms with Crippen LogP contribution in [0.2, 0.25) is 4.34 Å². The normalized spacial score (nSPS) is 25.5. The number of carbonyl (C=O) groups excluding carboxylic acids is 1. The number of carbonyl (C=O) groups is 1. The van der Waals surface area contributed by atoms with Gasteiger partial charge in [0.05, 0.1) is 9.21 Å². The van der Waals surface area contributed by atoms with Gasteiger partial charge in [0.1, 0.15) is 0 Å². The summed E-state index contributed by atoms with van der Waals surface area (Å²) in [6.45, 7) is 0. The van der Waals surface area contributed by atoms with Crippen molar-refractivity contribution in [2.45, 2.75) is 31.3 Å². The van der Waals surface area contributed by atoms with E-state index < -0.39 is 0 Å². The third-order valence-corrected chi connectivity index (χ3v) is 3.91. The average molecular weight is 245 g/mol. The minimum Gasteiger partial charge on any atom is -0.347 e. The molecule has 1 heterocycles. The quantitative estimate of drug-likeness (QED) is 0.836. The predicted octanol–water partition coefficient (Wildman–Crippen LogP) is 2.01. The molecular formula is C10H13ClN2OS. The molecule has 1 fully saturated rings. The smallest absolute Gasteiger partial charge is 0.261 e. The summed E-state index contributed by atoms with van der Waals surface area (Å²) in [5.41, 5.74) is 5.87. The number of amides is 1. The Bertz CT molecular complexity index is 366. The maximum atomic E-state index is 11.7. The van der Waals surface area contributed by atoms with Crippen LogP contribution >= 0.6 is 22.9 Å². The monoisotopic (exact) mass is 244 g/mol. The summed E-state index contributed by atoms with van der Waals surface area (Å²) in [4.78, 5) is 12.4. The maximum Gasteiger partial charge on any atom is 0.261 e. The van der Waals surface area contributed by atoms with Crippen molar-refractivity contribution in [2.75, 3.05) is 0 Å². The molecule has 0 aliphatic heterocycles. The van der Waals surface area contributed by atoms with Crippen molar-refractivity contribution in [3.05, 3.63) is 21.3 Å². The molecule has 2 unspecified atom stereocenters. The van der Waals surface area contributed by atoms with Crippen LogP contribution in [0, 0.1) is 0 Å². The van der Waals surface area contributed by atoms with Crippen molar-refractivity contribution < 1.29 is 4.79 Å². The van der Waals surface area contributed by atoms with Crippen molar-refractivity contribution in [1.82, 2.24) is 5.32 Å². The molecule has 1 amide bonds. The lowest BCUT2D eigenvalue weighted by Gasteiger charge is -2.16. The molecule has 82 valence electrons. The van der Waals surface area contributed by atoms with Crippen LogP contribution in [0.5, 0.6) is 0 Å². The zero-order valence-electron chi connectivity index (χ0n) is 8.20. The summed E-state index contributed by atoms with van der Waals surface area (Å²) >= 11 is 7.06. The molecule has 0 saturated heterocycles. The minimum absolute atomic E-state index is 0.0609. The second kappa shape index (κ2) is 4.51. The van der Waals surface area contributed by atoms with Gasteiger partial charge in [-0.1, -0.05) is 11.6 Å². The van der Waals surface area contributed by atoms with E-state index in [1.807, 2.05) is 0 Å². The highest BCUT2D eigenvalue weighted by Gasteiger charge is 2.25. The summed E-state index contributed by atoms with van der Waals surface area (Å²) < 4.78 is 0.635. The number of halogens is 1. The lowest BCUT2D eigenvalue weighted by molar-refractivity contribution is 0.0938. The first-order valence-electron chi connectivity index (χ1n) is 4.98. The first-order chi connectivity index (χ1) is 7.16. The molecule has 1 aliphatic rings. The molecule has 0 aromatic carbocycles. The Hall–Kier alpha value is -0.580. The summed E-state index contributed by atoms with van der Waals surface area (Å²) in [6.07, 6.45) is 3.07. The molecule has 0 spiro atoms. The number of thiophene rings is 1. The maximum absolute atomic E-state index is 11.7. The van der Waals surface area contributed by atoms with Gasteiger partial charge in [0.15, 0.2) is 0 Å². The fourth-order valence-corrected chi connectivity index (χ4v) is 2.79. The minimum atomic E-state index is -0.0609. The zero-order chi connectivity index (χ0) is 10.8. The summed E-state index contributed by atoms with van der Waals surface area (Å²) in [5.74, 6) is -0.0609. The Morgan fingerprint density at radius 1 is 1.53 bits per heavy atom. The molecule has 3 N–H and O–H groups in total. The molecule has 1 aromatic rings. The van der Waals surface area contributed by atoms with Crippen molar-refractivity contribution in [1.29, 1.82) is 0 Å². The Morgan fingerprint density at radius 3 is 2.87 bits per heavy atom. The Labute approximate surface area is 97.6 Å². The second-order valence-corrected chi connectivity index (χ2v) is 5.49. The lowest BCUT2D eigenvalue weighted by atomic mass is 10.2.